The number of halogens is 1. The van der Waals surface area contributed by atoms with Gasteiger partial charge >= 0.3 is 0 Å². The summed E-state index contributed by atoms with van der Waals surface area (Å²) < 4.78 is 56.1. The minimum atomic E-state index is -3.63. The molecule has 190 valence electrons. The van der Waals surface area contributed by atoms with Crippen LogP contribution in [0.25, 0.3) is 22.2 Å². The largest absolute Gasteiger partial charge is 0.356 e. The van der Waals surface area contributed by atoms with Gasteiger partial charge in [0.1, 0.15) is 11.5 Å². The van der Waals surface area contributed by atoms with Crippen LogP contribution in [0.1, 0.15) is 43.0 Å². The zero-order chi connectivity index (χ0) is 26.3. The first kappa shape index (κ1) is 26.1. The lowest BCUT2D eigenvalue weighted by molar-refractivity contribution is 0.458. The molecular formula is C26H28FN3O4S2. The first-order valence-electron chi connectivity index (χ1n) is 11.3. The molecule has 0 saturated carbocycles. The summed E-state index contributed by atoms with van der Waals surface area (Å²) in [6.45, 7) is 5.53. The molecule has 2 atom stereocenters. The Hall–Kier alpha value is -2.95. The van der Waals surface area contributed by atoms with Gasteiger partial charge in [-0.05, 0) is 74.9 Å². The minimum Gasteiger partial charge on any atom is -0.356 e. The number of nitrogens with two attached hydrogens (primary N) is 1. The summed E-state index contributed by atoms with van der Waals surface area (Å²) in [4.78, 5) is 4.13. The van der Waals surface area contributed by atoms with Crippen LogP contribution < -0.4 is 5.14 Å². The summed E-state index contributed by atoms with van der Waals surface area (Å²) >= 11 is 0. The lowest BCUT2D eigenvalue weighted by Gasteiger charge is -2.29. The van der Waals surface area contributed by atoms with Crippen molar-refractivity contribution in [3.63, 3.8) is 0 Å². The molecule has 36 heavy (non-hydrogen) atoms. The zero-order valence-electron chi connectivity index (χ0n) is 20.5. The molecule has 4 aromatic rings. The molecule has 2 N–H and O–H groups in total. The molecule has 7 nitrogen and oxygen atoms in total. The molecule has 0 fully saturated rings. The Bertz CT molecular complexity index is 1560. The number of aryl methyl sites for hydroxylation is 1. The average Bonchev–Trinajstić information content (AvgIpc) is 3.21. The van der Waals surface area contributed by atoms with E-state index in [1.165, 1.54) is 0 Å². The molecule has 2 aromatic carbocycles. The molecule has 1 unspecified atom stereocenters. The van der Waals surface area contributed by atoms with Crippen LogP contribution in [0.15, 0.2) is 64.1 Å². The number of aromatic nitrogens is 2. The lowest BCUT2D eigenvalue weighted by Crippen LogP contribution is -2.34. The Kier molecular flexibility index (Phi) is 7.14. The topological polar surface area (TPSA) is 116 Å². The second kappa shape index (κ2) is 9.84. The van der Waals surface area contributed by atoms with Gasteiger partial charge in [-0.15, -0.1) is 0 Å². The number of hydrogen-bond donors (Lipinski definition) is 1. The van der Waals surface area contributed by atoms with Crippen LogP contribution in [0.5, 0.6) is 0 Å². The van der Waals surface area contributed by atoms with Crippen molar-refractivity contribution in [2.24, 2.45) is 5.14 Å². The van der Waals surface area contributed by atoms with Crippen molar-refractivity contribution in [2.75, 3.05) is 6.26 Å². The highest BCUT2D eigenvalue weighted by Crippen LogP contribution is 2.39. The van der Waals surface area contributed by atoms with Crippen molar-refractivity contribution in [3.8, 4) is 11.3 Å². The van der Waals surface area contributed by atoms with E-state index in [1.807, 2.05) is 49.4 Å². The third-order valence-electron chi connectivity index (χ3n) is 6.28. The van der Waals surface area contributed by atoms with Gasteiger partial charge in [0, 0.05) is 17.2 Å². The van der Waals surface area contributed by atoms with E-state index in [9.17, 15) is 17.0 Å². The van der Waals surface area contributed by atoms with Gasteiger partial charge < -0.3 is 4.52 Å². The van der Waals surface area contributed by atoms with Crippen molar-refractivity contribution in [1.29, 1.82) is 0 Å². The molecule has 0 aliphatic carbocycles. The quantitative estimate of drug-likeness (QED) is 0.349. The van der Waals surface area contributed by atoms with Gasteiger partial charge in [-0.1, -0.05) is 35.5 Å². The molecule has 4 rings (SSSR count). The van der Waals surface area contributed by atoms with Crippen LogP contribution in [0, 0.1) is 12.7 Å². The van der Waals surface area contributed by atoms with E-state index in [1.54, 1.807) is 13.8 Å². The molecule has 0 spiro atoms. The summed E-state index contributed by atoms with van der Waals surface area (Å²) in [5, 5.41) is 10.7. The van der Waals surface area contributed by atoms with Crippen LogP contribution in [-0.2, 0) is 27.2 Å². The first-order chi connectivity index (χ1) is 16.9. The summed E-state index contributed by atoms with van der Waals surface area (Å²) in [6.07, 6.45) is 1.43. The second-order valence-electron chi connectivity index (χ2n) is 9.63. The van der Waals surface area contributed by atoms with Crippen molar-refractivity contribution in [2.45, 2.75) is 49.3 Å². The lowest BCUT2D eigenvalue weighted by atomic mass is 9.83. The number of sulfone groups is 1. The number of rotatable bonds is 8. The third kappa shape index (κ3) is 5.40. The minimum absolute atomic E-state index is 0.0111. The highest BCUT2D eigenvalue weighted by Gasteiger charge is 2.32. The van der Waals surface area contributed by atoms with Gasteiger partial charge in [0.05, 0.1) is 21.4 Å². The van der Waals surface area contributed by atoms with Gasteiger partial charge in [0.2, 0.25) is 0 Å². The molecule has 0 radical (unpaired) electrons. The van der Waals surface area contributed by atoms with Crippen LogP contribution in [0.3, 0.4) is 0 Å². The Labute approximate surface area is 212 Å². The van der Waals surface area contributed by atoms with Gasteiger partial charge in [0.25, 0.3) is 0 Å². The van der Waals surface area contributed by atoms with E-state index in [-0.39, 0.29) is 17.1 Å². The highest BCUT2D eigenvalue weighted by molar-refractivity contribution is 7.90. The van der Waals surface area contributed by atoms with E-state index >= 15 is 0 Å². The fraction of sp³-hybridized carbons (Fsp3) is 0.308. The maximum absolute atomic E-state index is 14.9. The van der Waals surface area contributed by atoms with Crippen molar-refractivity contribution < 1.29 is 21.5 Å². The average molecular weight is 530 g/mol. The molecule has 10 heteroatoms. The first-order valence-corrected chi connectivity index (χ1v) is 14.4. The zero-order valence-corrected chi connectivity index (χ0v) is 22.1. The molecule has 0 saturated heterocycles. The third-order valence-corrected chi connectivity index (χ3v) is 8.52. The number of pyridine rings is 1. The summed E-state index contributed by atoms with van der Waals surface area (Å²) in [5.41, 5.74) is 3.93. The smallest absolute Gasteiger partial charge is 0.192 e. The van der Waals surface area contributed by atoms with E-state index in [0.717, 1.165) is 40.5 Å². The number of benzene rings is 2. The van der Waals surface area contributed by atoms with Crippen LogP contribution in [-0.4, -0.2) is 33.8 Å². The van der Waals surface area contributed by atoms with Crippen LogP contribution in [0.4, 0.5) is 4.39 Å². The van der Waals surface area contributed by atoms with Crippen molar-refractivity contribution in [1.82, 2.24) is 10.1 Å². The second-order valence-corrected chi connectivity index (χ2v) is 13.3. The number of hydrogen-bond acceptors (Lipinski definition) is 6. The molecule has 0 aliphatic rings. The van der Waals surface area contributed by atoms with Crippen LogP contribution in [0.2, 0.25) is 0 Å². The molecule has 0 amide bonds. The highest BCUT2D eigenvalue weighted by atomic mass is 32.2. The van der Waals surface area contributed by atoms with E-state index in [4.69, 9.17) is 9.66 Å². The molecule has 2 aromatic heterocycles. The molecule has 2 heterocycles. The monoisotopic (exact) mass is 529 g/mol. The molecule has 0 aliphatic heterocycles. The summed E-state index contributed by atoms with van der Waals surface area (Å²) in [6, 6.07) is 15.6. The van der Waals surface area contributed by atoms with E-state index in [2.05, 4.69) is 10.1 Å². The Morgan fingerprint density at radius 1 is 1.14 bits per heavy atom. The number of fused-ring (bicyclic) bond motifs is 1. The van der Waals surface area contributed by atoms with Gasteiger partial charge in [0.15, 0.2) is 20.4 Å². The summed E-state index contributed by atoms with van der Waals surface area (Å²) in [7, 11) is -5.30. The predicted octanol–water partition coefficient (Wildman–Crippen LogP) is 4.86. The molecule has 0 bridgehead atoms. The SMILES string of the molecule is Cc1ccc2c(-c3ccccc3[C@@H](Cc3nc(S(C)(=O)=O)ccc3F)CC(C)(C)S(N)=O)noc2c1. The Morgan fingerprint density at radius 3 is 2.56 bits per heavy atom. The van der Waals surface area contributed by atoms with E-state index < -0.39 is 37.3 Å². The summed E-state index contributed by atoms with van der Waals surface area (Å²) in [5.74, 6) is -1.02. The standard InChI is InChI=1S/C26H28FN3O4S2/c1-16-9-10-20-23(13-16)34-30-25(20)19-8-6-5-7-18(19)17(15-26(2,3)35(28)31)14-22-21(27)11-12-24(29-22)36(4,32)33/h5-13,17H,14-15,28H2,1-4H3/t17-,35?/m0/s1. The normalized spacial score (nSPS) is 14.2. The maximum Gasteiger partial charge on any atom is 0.192 e. The van der Waals surface area contributed by atoms with Gasteiger partial charge in [-0.2, -0.15) is 0 Å². The van der Waals surface area contributed by atoms with E-state index in [0.29, 0.717) is 17.7 Å². The maximum atomic E-state index is 14.9. The predicted molar refractivity (Wildman–Crippen MR) is 139 cm³/mol. The van der Waals surface area contributed by atoms with Gasteiger partial charge in [-0.3, -0.25) is 5.14 Å². The van der Waals surface area contributed by atoms with Crippen molar-refractivity contribution in [3.05, 3.63) is 77.2 Å². The number of nitrogens with zero attached hydrogens (tertiary/aromatic N) is 2. The van der Waals surface area contributed by atoms with Gasteiger partial charge in [-0.25, -0.2) is 22.0 Å². The Balaban J connectivity index is 1.87. The van der Waals surface area contributed by atoms with Crippen molar-refractivity contribution >= 4 is 31.8 Å². The Morgan fingerprint density at radius 2 is 1.86 bits per heavy atom. The van der Waals surface area contributed by atoms with Crippen LogP contribution >= 0.6 is 0 Å². The fourth-order valence-corrected chi connectivity index (χ4v) is 5.28. The fourth-order valence-electron chi connectivity index (χ4n) is 4.32. The molecular weight excluding hydrogens is 501 g/mol.